The van der Waals surface area contributed by atoms with Crippen LogP contribution in [0.1, 0.15) is 59.7 Å². The van der Waals surface area contributed by atoms with Gasteiger partial charge in [0.1, 0.15) is 0 Å². The SMILES string of the molecule is CCc1cccc(CC)c1NC(=O)c1ccc(N2C(=O)[C@@H]3[C@@H]4C[C@@H]([C@H]3C2=O)[C@H](c2ccccc2)C4)cc1. The number of carbonyl (C=O) groups excluding carboxylic acids is 3. The first-order valence-electron chi connectivity index (χ1n) is 13.5. The van der Waals surface area contributed by atoms with Crippen molar-refractivity contribution in [3.8, 4) is 0 Å². The molecular formula is C32H32N2O3. The van der Waals surface area contributed by atoms with Gasteiger partial charge >= 0.3 is 0 Å². The third-order valence-corrected chi connectivity index (χ3v) is 8.87. The van der Waals surface area contributed by atoms with E-state index in [2.05, 4.69) is 31.3 Å². The van der Waals surface area contributed by atoms with Crippen molar-refractivity contribution in [2.24, 2.45) is 23.7 Å². The van der Waals surface area contributed by atoms with Gasteiger partial charge in [0, 0.05) is 11.3 Å². The Bertz CT molecular complexity index is 1340. The number of hydrogen-bond acceptors (Lipinski definition) is 3. The maximum Gasteiger partial charge on any atom is 0.255 e. The highest BCUT2D eigenvalue weighted by molar-refractivity contribution is 6.22. The van der Waals surface area contributed by atoms with Gasteiger partial charge < -0.3 is 5.32 Å². The normalized spacial score (nSPS) is 26.0. The van der Waals surface area contributed by atoms with E-state index in [0.29, 0.717) is 17.2 Å². The van der Waals surface area contributed by atoms with Crippen LogP contribution in [0, 0.1) is 23.7 Å². The molecule has 3 amide bonds. The monoisotopic (exact) mass is 492 g/mol. The summed E-state index contributed by atoms with van der Waals surface area (Å²) in [6, 6.07) is 23.4. The first kappa shape index (κ1) is 23.7. The van der Waals surface area contributed by atoms with Crippen LogP contribution in [0.25, 0.3) is 0 Å². The molecular weight excluding hydrogens is 460 g/mol. The average molecular weight is 493 g/mol. The highest BCUT2D eigenvalue weighted by Crippen LogP contribution is 2.61. The summed E-state index contributed by atoms with van der Waals surface area (Å²) in [6.45, 7) is 4.15. The van der Waals surface area contributed by atoms with Gasteiger partial charge in [-0.15, -0.1) is 0 Å². The molecule has 0 unspecified atom stereocenters. The number of anilines is 2. The van der Waals surface area contributed by atoms with Crippen molar-refractivity contribution in [3.63, 3.8) is 0 Å². The van der Waals surface area contributed by atoms with Crippen LogP contribution in [0.4, 0.5) is 11.4 Å². The van der Waals surface area contributed by atoms with Crippen LogP contribution in [-0.2, 0) is 22.4 Å². The number of nitrogens with zero attached hydrogens (tertiary/aromatic N) is 1. The lowest BCUT2D eigenvalue weighted by molar-refractivity contribution is -0.123. The zero-order valence-electron chi connectivity index (χ0n) is 21.3. The molecule has 3 aliphatic rings. The predicted molar refractivity (Wildman–Crippen MR) is 144 cm³/mol. The van der Waals surface area contributed by atoms with E-state index in [0.717, 1.165) is 42.5 Å². The van der Waals surface area contributed by atoms with Gasteiger partial charge in [0.05, 0.1) is 17.5 Å². The third kappa shape index (κ3) is 3.79. The number of amides is 3. The number of nitrogens with one attached hydrogen (secondary N) is 1. The average Bonchev–Trinajstić information content (AvgIpc) is 3.60. The van der Waals surface area contributed by atoms with Crippen LogP contribution >= 0.6 is 0 Å². The minimum atomic E-state index is -0.238. The molecule has 5 heteroatoms. The van der Waals surface area contributed by atoms with Crippen molar-refractivity contribution >= 4 is 29.1 Å². The molecule has 1 N–H and O–H groups in total. The molecule has 0 spiro atoms. The van der Waals surface area contributed by atoms with E-state index in [1.807, 2.05) is 36.4 Å². The first-order valence-corrected chi connectivity index (χ1v) is 13.5. The number of hydrogen-bond donors (Lipinski definition) is 1. The summed E-state index contributed by atoms with van der Waals surface area (Å²) in [5.41, 5.74) is 5.42. The molecule has 2 saturated carbocycles. The summed E-state index contributed by atoms with van der Waals surface area (Å²) in [4.78, 5) is 41.5. The Morgan fingerprint density at radius 2 is 1.46 bits per heavy atom. The maximum atomic E-state index is 13.6. The molecule has 2 aliphatic carbocycles. The Kier molecular flexibility index (Phi) is 5.94. The molecule has 1 heterocycles. The molecule has 188 valence electrons. The molecule has 1 aliphatic heterocycles. The number of carbonyl (C=O) groups is 3. The van der Waals surface area contributed by atoms with Gasteiger partial charge in [0.25, 0.3) is 5.91 Å². The molecule has 3 aromatic carbocycles. The largest absolute Gasteiger partial charge is 0.321 e. The van der Waals surface area contributed by atoms with Crippen molar-refractivity contribution in [2.75, 3.05) is 10.2 Å². The van der Waals surface area contributed by atoms with E-state index < -0.39 is 0 Å². The molecule has 1 saturated heterocycles. The van der Waals surface area contributed by atoms with Crippen LogP contribution in [-0.4, -0.2) is 17.7 Å². The minimum Gasteiger partial charge on any atom is -0.321 e. The fourth-order valence-electron chi connectivity index (χ4n) is 7.15. The summed E-state index contributed by atoms with van der Waals surface area (Å²) >= 11 is 0. The number of para-hydroxylation sites is 1. The number of aryl methyl sites for hydroxylation is 2. The molecule has 6 rings (SSSR count). The fourth-order valence-corrected chi connectivity index (χ4v) is 7.15. The lowest BCUT2D eigenvalue weighted by Gasteiger charge is -2.28. The van der Waals surface area contributed by atoms with Gasteiger partial charge in [-0.05, 0) is 84.4 Å². The van der Waals surface area contributed by atoms with Crippen molar-refractivity contribution in [3.05, 3.63) is 95.1 Å². The van der Waals surface area contributed by atoms with Crippen LogP contribution in [0.2, 0.25) is 0 Å². The Balaban J connectivity index is 1.21. The Morgan fingerprint density at radius 1 is 0.811 bits per heavy atom. The molecule has 37 heavy (non-hydrogen) atoms. The van der Waals surface area contributed by atoms with Crippen molar-refractivity contribution < 1.29 is 14.4 Å². The van der Waals surface area contributed by atoms with E-state index in [-0.39, 0.29) is 41.4 Å². The van der Waals surface area contributed by atoms with E-state index in [1.165, 1.54) is 10.5 Å². The van der Waals surface area contributed by atoms with Crippen LogP contribution in [0.3, 0.4) is 0 Å². The first-order chi connectivity index (χ1) is 18.0. The molecule has 0 radical (unpaired) electrons. The number of fused-ring (bicyclic) bond motifs is 5. The topological polar surface area (TPSA) is 66.5 Å². The van der Waals surface area contributed by atoms with Gasteiger partial charge in [-0.3, -0.25) is 19.3 Å². The predicted octanol–water partition coefficient (Wildman–Crippen LogP) is 5.99. The van der Waals surface area contributed by atoms with E-state index in [4.69, 9.17) is 0 Å². The summed E-state index contributed by atoms with van der Waals surface area (Å²) < 4.78 is 0. The summed E-state index contributed by atoms with van der Waals surface area (Å²) in [5, 5.41) is 3.09. The van der Waals surface area contributed by atoms with Gasteiger partial charge in [0.15, 0.2) is 0 Å². The van der Waals surface area contributed by atoms with Crippen LogP contribution < -0.4 is 10.2 Å². The quantitative estimate of drug-likeness (QED) is 0.430. The summed E-state index contributed by atoms with van der Waals surface area (Å²) in [5.74, 6) is 0.0285. The van der Waals surface area contributed by atoms with Gasteiger partial charge in [-0.25, -0.2) is 0 Å². The third-order valence-electron chi connectivity index (χ3n) is 8.87. The lowest BCUT2D eigenvalue weighted by Crippen LogP contribution is -2.33. The minimum absolute atomic E-state index is 0.0735. The molecule has 2 bridgehead atoms. The second-order valence-electron chi connectivity index (χ2n) is 10.6. The highest BCUT2D eigenvalue weighted by atomic mass is 16.2. The van der Waals surface area contributed by atoms with E-state index >= 15 is 0 Å². The molecule has 3 fully saturated rings. The molecule has 0 aromatic heterocycles. The fraction of sp³-hybridized carbons (Fsp3) is 0.344. The highest BCUT2D eigenvalue weighted by Gasteiger charge is 2.64. The molecule has 5 atom stereocenters. The summed E-state index contributed by atoms with van der Waals surface area (Å²) in [7, 11) is 0. The number of rotatable bonds is 6. The van der Waals surface area contributed by atoms with E-state index in [1.54, 1.807) is 24.3 Å². The van der Waals surface area contributed by atoms with E-state index in [9.17, 15) is 14.4 Å². The zero-order valence-corrected chi connectivity index (χ0v) is 21.3. The molecule has 3 aromatic rings. The second-order valence-corrected chi connectivity index (χ2v) is 10.6. The van der Waals surface area contributed by atoms with Gasteiger partial charge in [-0.2, -0.15) is 0 Å². The van der Waals surface area contributed by atoms with Gasteiger partial charge in [-0.1, -0.05) is 62.4 Å². The second kappa shape index (κ2) is 9.29. The standard InChI is InChI=1S/C32H32N2O3/c1-3-19-11-8-12-20(4-2)29(19)33-30(35)22-13-15-24(16-14-22)34-31(36)27-23-17-25(21-9-6-5-7-10-21)26(18-23)28(27)32(34)37/h5-16,23,25-28H,3-4,17-18H2,1-2H3,(H,33,35)/t23-,25-,26+,27+,28+/m0/s1. The summed E-state index contributed by atoms with van der Waals surface area (Å²) in [6.07, 6.45) is 3.59. The van der Waals surface area contributed by atoms with Crippen molar-refractivity contribution in [1.29, 1.82) is 0 Å². The number of imide groups is 1. The Labute approximate surface area is 217 Å². The molecule has 5 nitrogen and oxygen atoms in total. The van der Waals surface area contributed by atoms with Crippen molar-refractivity contribution in [1.82, 2.24) is 0 Å². The smallest absolute Gasteiger partial charge is 0.255 e. The van der Waals surface area contributed by atoms with Gasteiger partial charge in [0.2, 0.25) is 11.8 Å². The van der Waals surface area contributed by atoms with Crippen molar-refractivity contribution in [2.45, 2.75) is 45.4 Å². The Hall–Kier alpha value is -3.73. The zero-order chi connectivity index (χ0) is 25.7. The van der Waals surface area contributed by atoms with Crippen LogP contribution in [0.15, 0.2) is 72.8 Å². The maximum absolute atomic E-state index is 13.6. The Morgan fingerprint density at radius 3 is 2.11 bits per heavy atom. The lowest BCUT2D eigenvalue weighted by atomic mass is 9.73. The van der Waals surface area contributed by atoms with Crippen LogP contribution in [0.5, 0.6) is 0 Å². The number of benzene rings is 3.